The molecule has 0 bridgehead atoms. The highest BCUT2D eigenvalue weighted by Gasteiger charge is 2.26. The Kier molecular flexibility index (Phi) is 4.30. The molecular weight excluding hydrogens is 247 g/mol. The molecule has 0 spiro atoms. The summed E-state index contributed by atoms with van der Waals surface area (Å²) in [7, 11) is 0. The van der Waals surface area contributed by atoms with Crippen molar-refractivity contribution in [3.8, 4) is 0 Å². The molecule has 0 amide bonds. The van der Waals surface area contributed by atoms with Crippen LogP contribution in [0.2, 0.25) is 0 Å². The number of thiocarbonyl (C=S) groups is 1. The van der Waals surface area contributed by atoms with Crippen LogP contribution in [-0.4, -0.2) is 23.0 Å². The lowest BCUT2D eigenvalue weighted by atomic mass is 9.96. The van der Waals surface area contributed by atoms with Crippen molar-refractivity contribution in [2.75, 3.05) is 13.1 Å². The van der Waals surface area contributed by atoms with Gasteiger partial charge in [0, 0.05) is 0 Å². The van der Waals surface area contributed by atoms with Crippen LogP contribution in [0.1, 0.15) is 31.4 Å². The van der Waals surface area contributed by atoms with Gasteiger partial charge in [0.15, 0.2) is 0 Å². The molecule has 98 valence electrons. The summed E-state index contributed by atoms with van der Waals surface area (Å²) in [5, 5.41) is 0. The molecular formula is C14H19FN2S. The maximum Gasteiger partial charge on any atom is 0.123 e. The van der Waals surface area contributed by atoms with Gasteiger partial charge in [0.25, 0.3) is 0 Å². The molecule has 2 rings (SSSR count). The van der Waals surface area contributed by atoms with E-state index in [0.717, 1.165) is 24.6 Å². The van der Waals surface area contributed by atoms with Gasteiger partial charge < -0.3 is 5.73 Å². The van der Waals surface area contributed by atoms with Crippen LogP contribution < -0.4 is 5.73 Å². The Balaban J connectivity index is 2.18. The Bertz CT molecular complexity index is 410. The monoisotopic (exact) mass is 266 g/mol. The van der Waals surface area contributed by atoms with Crippen LogP contribution in [0.15, 0.2) is 24.3 Å². The minimum Gasteiger partial charge on any atom is -0.392 e. The molecule has 1 fully saturated rings. The van der Waals surface area contributed by atoms with E-state index < -0.39 is 0 Å². The maximum atomic E-state index is 13.0. The molecule has 1 aromatic carbocycles. The standard InChI is InChI=1S/C14H19FN2S/c1-10-6-8-17(9-7-10)13(14(16)18)11-2-4-12(15)5-3-11/h2-5,10,13H,6-9H2,1H3,(H2,16,18). The zero-order valence-corrected chi connectivity index (χ0v) is 11.4. The number of nitrogens with zero attached hydrogens (tertiary/aromatic N) is 1. The molecule has 2 N–H and O–H groups in total. The van der Waals surface area contributed by atoms with E-state index in [1.807, 2.05) is 0 Å². The first kappa shape index (κ1) is 13.4. The van der Waals surface area contributed by atoms with E-state index in [4.69, 9.17) is 18.0 Å². The van der Waals surface area contributed by atoms with Crippen LogP contribution in [0.5, 0.6) is 0 Å². The van der Waals surface area contributed by atoms with E-state index in [1.54, 1.807) is 12.1 Å². The van der Waals surface area contributed by atoms with Crippen LogP contribution >= 0.6 is 12.2 Å². The van der Waals surface area contributed by atoms with Crippen molar-refractivity contribution in [3.05, 3.63) is 35.6 Å². The normalized spacial score (nSPS) is 19.7. The predicted octanol–water partition coefficient (Wildman–Crippen LogP) is 2.88. The lowest BCUT2D eigenvalue weighted by Gasteiger charge is -2.36. The van der Waals surface area contributed by atoms with E-state index in [0.29, 0.717) is 4.99 Å². The fourth-order valence-electron chi connectivity index (χ4n) is 2.49. The topological polar surface area (TPSA) is 29.3 Å². The highest BCUT2D eigenvalue weighted by atomic mass is 32.1. The molecule has 4 heteroatoms. The van der Waals surface area contributed by atoms with Crippen LogP contribution in [0, 0.1) is 11.7 Å². The molecule has 1 heterocycles. The molecule has 1 aromatic rings. The number of piperidine rings is 1. The van der Waals surface area contributed by atoms with E-state index in [2.05, 4.69) is 11.8 Å². The zero-order valence-electron chi connectivity index (χ0n) is 10.6. The van der Waals surface area contributed by atoms with Crippen molar-refractivity contribution in [1.29, 1.82) is 0 Å². The van der Waals surface area contributed by atoms with Crippen molar-refractivity contribution >= 4 is 17.2 Å². The molecule has 1 atom stereocenters. The average molecular weight is 266 g/mol. The summed E-state index contributed by atoms with van der Waals surface area (Å²) in [6, 6.07) is 6.42. The highest BCUT2D eigenvalue weighted by Crippen LogP contribution is 2.27. The Morgan fingerprint density at radius 2 is 1.89 bits per heavy atom. The van der Waals surface area contributed by atoms with Gasteiger partial charge in [-0.1, -0.05) is 31.3 Å². The summed E-state index contributed by atoms with van der Waals surface area (Å²) in [4.78, 5) is 2.77. The first-order valence-electron chi connectivity index (χ1n) is 6.37. The smallest absolute Gasteiger partial charge is 0.123 e. The number of benzene rings is 1. The van der Waals surface area contributed by atoms with Gasteiger partial charge in [0.1, 0.15) is 5.82 Å². The van der Waals surface area contributed by atoms with Crippen molar-refractivity contribution in [3.63, 3.8) is 0 Å². The van der Waals surface area contributed by atoms with Crippen molar-refractivity contribution in [2.45, 2.75) is 25.8 Å². The van der Waals surface area contributed by atoms with Crippen molar-refractivity contribution in [1.82, 2.24) is 4.90 Å². The van der Waals surface area contributed by atoms with Crippen molar-refractivity contribution < 1.29 is 4.39 Å². The summed E-state index contributed by atoms with van der Waals surface area (Å²) >= 11 is 5.18. The van der Waals surface area contributed by atoms with Gasteiger partial charge in [-0.15, -0.1) is 0 Å². The second-order valence-electron chi connectivity index (χ2n) is 5.07. The van der Waals surface area contributed by atoms with Gasteiger partial charge in [0.05, 0.1) is 11.0 Å². The Labute approximate surface area is 113 Å². The SMILES string of the molecule is CC1CCN(C(C(N)=S)c2ccc(F)cc2)CC1. The van der Waals surface area contributed by atoms with Crippen LogP contribution in [0.4, 0.5) is 4.39 Å². The third kappa shape index (κ3) is 3.06. The fourth-order valence-corrected chi connectivity index (χ4v) is 2.77. The lowest BCUT2D eigenvalue weighted by molar-refractivity contribution is 0.171. The summed E-state index contributed by atoms with van der Waals surface area (Å²) in [5.41, 5.74) is 6.85. The molecule has 1 aliphatic rings. The second kappa shape index (κ2) is 5.76. The first-order valence-corrected chi connectivity index (χ1v) is 6.77. The van der Waals surface area contributed by atoms with Gasteiger partial charge in [-0.25, -0.2) is 4.39 Å². The molecule has 2 nitrogen and oxygen atoms in total. The molecule has 1 unspecified atom stereocenters. The van der Waals surface area contributed by atoms with Crippen LogP contribution in [0.25, 0.3) is 0 Å². The second-order valence-corrected chi connectivity index (χ2v) is 5.55. The molecule has 1 aliphatic heterocycles. The number of likely N-dealkylation sites (tertiary alicyclic amines) is 1. The van der Waals surface area contributed by atoms with Gasteiger partial charge in [-0.3, -0.25) is 4.90 Å². The van der Waals surface area contributed by atoms with E-state index in [1.165, 1.54) is 25.0 Å². The van der Waals surface area contributed by atoms with Crippen LogP contribution in [-0.2, 0) is 0 Å². The summed E-state index contributed by atoms with van der Waals surface area (Å²) in [6.07, 6.45) is 2.33. The van der Waals surface area contributed by atoms with E-state index in [9.17, 15) is 4.39 Å². The fraction of sp³-hybridized carbons (Fsp3) is 0.500. The van der Waals surface area contributed by atoms with E-state index >= 15 is 0 Å². The number of hydrogen-bond donors (Lipinski definition) is 1. The number of rotatable bonds is 3. The first-order chi connectivity index (χ1) is 8.58. The predicted molar refractivity (Wildman–Crippen MR) is 75.9 cm³/mol. The summed E-state index contributed by atoms with van der Waals surface area (Å²) in [5.74, 6) is 0.536. The quantitative estimate of drug-likeness (QED) is 0.853. The average Bonchev–Trinajstić information content (AvgIpc) is 2.34. The molecule has 18 heavy (non-hydrogen) atoms. The number of hydrogen-bond acceptors (Lipinski definition) is 2. The summed E-state index contributed by atoms with van der Waals surface area (Å²) in [6.45, 7) is 4.27. The van der Waals surface area contributed by atoms with Gasteiger partial charge in [-0.05, 0) is 49.5 Å². The minimum absolute atomic E-state index is 0.0619. The number of halogens is 1. The Morgan fingerprint density at radius 3 is 2.39 bits per heavy atom. The largest absolute Gasteiger partial charge is 0.392 e. The van der Waals surface area contributed by atoms with Gasteiger partial charge >= 0.3 is 0 Å². The third-order valence-electron chi connectivity index (χ3n) is 3.64. The molecule has 0 aliphatic carbocycles. The third-order valence-corrected chi connectivity index (χ3v) is 3.86. The Morgan fingerprint density at radius 1 is 1.33 bits per heavy atom. The van der Waals surface area contributed by atoms with Crippen molar-refractivity contribution in [2.24, 2.45) is 11.7 Å². The summed E-state index contributed by atoms with van der Waals surface area (Å²) < 4.78 is 13.0. The molecule has 0 radical (unpaired) electrons. The maximum absolute atomic E-state index is 13.0. The van der Waals surface area contributed by atoms with E-state index in [-0.39, 0.29) is 11.9 Å². The van der Waals surface area contributed by atoms with Gasteiger partial charge in [0.2, 0.25) is 0 Å². The lowest BCUT2D eigenvalue weighted by Crippen LogP contribution is -2.41. The minimum atomic E-state index is -0.229. The Hall–Kier alpha value is -1.00. The highest BCUT2D eigenvalue weighted by molar-refractivity contribution is 7.80. The number of nitrogens with two attached hydrogens (primary N) is 1. The molecule has 0 saturated carbocycles. The van der Waals surface area contributed by atoms with Crippen LogP contribution in [0.3, 0.4) is 0 Å². The molecule has 0 aromatic heterocycles. The van der Waals surface area contributed by atoms with Gasteiger partial charge in [-0.2, -0.15) is 0 Å². The zero-order chi connectivity index (χ0) is 13.1. The molecule has 1 saturated heterocycles.